The number of hydrogen-bond acceptors (Lipinski definition) is 3. The summed E-state index contributed by atoms with van der Waals surface area (Å²) in [5.74, 6) is 0. The van der Waals surface area contributed by atoms with Gasteiger partial charge in [0.1, 0.15) is 11.2 Å². The quantitative estimate of drug-likeness (QED) is 0.218. The van der Waals surface area contributed by atoms with Crippen LogP contribution < -0.4 is 4.67 Å². The van der Waals surface area contributed by atoms with Gasteiger partial charge in [-0.2, -0.15) is 4.67 Å². The van der Waals surface area contributed by atoms with Crippen LogP contribution in [0.3, 0.4) is 0 Å². The topological polar surface area (TPSA) is 29.5 Å². The van der Waals surface area contributed by atoms with Gasteiger partial charge in [0.25, 0.3) is 0 Å². The minimum absolute atomic E-state index is 0.00334. The highest BCUT2D eigenvalue weighted by molar-refractivity contribution is 7.39. The van der Waals surface area contributed by atoms with Crippen LogP contribution in [-0.4, -0.2) is 0 Å². The maximum Gasteiger partial charge on any atom is 0.310 e. The minimum Gasteiger partial charge on any atom is -0.408 e. The third-order valence-corrected chi connectivity index (χ3v) is 9.72. The SMILES string of the molecule is C[C@H](c1cccc2ccccc12)N([C@H](C)c1cccc2ccccc12)p1oc2ccccc2c2ccccc2o1. The van der Waals surface area contributed by atoms with E-state index in [1.165, 1.54) is 32.7 Å². The van der Waals surface area contributed by atoms with Gasteiger partial charge in [0.05, 0.1) is 0 Å². The number of para-hydroxylation sites is 2. The average molecular weight is 540 g/mol. The van der Waals surface area contributed by atoms with Gasteiger partial charge in [-0.25, -0.2) is 0 Å². The van der Waals surface area contributed by atoms with E-state index < -0.39 is 8.16 Å². The molecule has 0 unspecified atom stereocenters. The van der Waals surface area contributed by atoms with Crippen molar-refractivity contribution < 1.29 is 8.39 Å². The summed E-state index contributed by atoms with van der Waals surface area (Å²) < 4.78 is 16.2. The Labute approximate surface area is 234 Å². The summed E-state index contributed by atoms with van der Waals surface area (Å²) in [5, 5.41) is 7.07. The van der Waals surface area contributed by atoms with Gasteiger partial charge in [0.2, 0.25) is 0 Å². The molecule has 40 heavy (non-hydrogen) atoms. The Kier molecular flexibility index (Phi) is 6.40. The molecule has 0 saturated carbocycles. The molecule has 1 heterocycles. The van der Waals surface area contributed by atoms with Gasteiger partial charge in [-0.15, -0.1) is 0 Å². The molecule has 0 saturated heterocycles. The second-order valence-corrected chi connectivity index (χ2v) is 11.6. The van der Waals surface area contributed by atoms with E-state index in [9.17, 15) is 0 Å². The molecule has 6 aromatic carbocycles. The Hall–Kier alpha value is -4.30. The number of benzene rings is 6. The minimum atomic E-state index is -1.54. The predicted molar refractivity (Wildman–Crippen MR) is 169 cm³/mol. The molecule has 0 spiro atoms. The molecule has 0 amide bonds. The van der Waals surface area contributed by atoms with Gasteiger partial charge in [0, 0.05) is 22.9 Å². The van der Waals surface area contributed by atoms with E-state index in [0.29, 0.717) is 0 Å². The summed E-state index contributed by atoms with van der Waals surface area (Å²) >= 11 is 0. The zero-order valence-electron chi connectivity index (χ0n) is 22.6. The van der Waals surface area contributed by atoms with Crippen LogP contribution in [0.4, 0.5) is 0 Å². The lowest BCUT2D eigenvalue weighted by molar-refractivity contribution is 0.561. The van der Waals surface area contributed by atoms with Crippen LogP contribution >= 0.6 is 8.16 Å². The molecule has 0 bridgehead atoms. The van der Waals surface area contributed by atoms with Crippen LogP contribution in [0, 0.1) is 0 Å². The first kappa shape index (κ1) is 24.7. The van der Waals surface area contributed by atoms with Crippen LogP contribution in [0.15, 0.2) is 142 Å². The summed E-state index contributed by atoms with van der Waals surface area (Å²) in [6.07, 6.45) is 0. The van der Waals surface area contributed by atoms with Crippen LogP contribution in [0.5, 0.6) is 0 Å². The fraction of sp³-hybridized carbons (Fsp3) is 0.111. The number of fused-ring (bicyclic) bond motifs is 5. The van der Waals surface area contributed by atoms with E-state index in [-0.39, 0.29) is 12.1 Å². The fourth-order valence-electron chi connectivity index (χ4n) is 5.95. The molecule has 0 fully saturated rings. The van der Waals surface area contributed by atoms with Crippen molar-refractivity contribution >= 4 is 51.6 Å². The molecular weight excluding hydrogens is 509 g/mol. The summed E-state index contributed by atoms with van der Waals surface area (Å²) in [6, 6.07) is 46.9. The Bertz CT molecular complexity index is 1870. The van der Waals surface area contributed by atoms with Gasteiger partial charge in [0.15, 0.2) is 0 Å². The number of nitrogens with zero attached hydrogens (tertiary/aromatic N) is 1. The van der Waals surface area contributed by atoms with Crippen LogP contribution in [0.1, 0.15) is 37.1 Å². The maximum absolute atomic E-state index is 6.88. The van der Waals surface area contributed by atoms with Crippen molar-refractivity contribution in [1.82, 2.24) is 0 Å². The monoisotopic (exact) mass is 539 g/mol. The van der Waals surface area contributed by atoms with E-state index in [1.807, 2.05) is 12.1 Å². The van der Waals surface area contributed by atoms with E-state index in [4.69, 9.17) is 8.39 Å². The van der Waals surface area contributed by atoms with Gasteiger partial charge in [-0.3, -0.25) is 0 Å². The van der Waals surface area contributed by atoms with Crippen molar-refractivity contribution in [2.24, 2.45) is 0 Å². The molecule has 196 valence electrons. The molecule has 7 rings (SSSR count). The first-order chi connectivity index (χ1) is 19.7. The predicted octanol–water partition coefficient (Wildman–Crippen LogP) is 11.1. The lowest BCUT2D eigenvalue weighted by Gasteiger charge is -2.33. The first-order valence-corrected chi connectivity index (χ1v) is 14.9. The Balaban J connectivity index is 1.52. The van der Waals surface area contributed by atoms with Gasteiger partial charge in [-0.05, 0) is 58.7 Å². The Morgan fingerprint density at radius 2 is 0.825 bits per heavy atom. The van der Waals surface area contributed by atoms with E-state index in [2.05, 4.69) is 140 Å². The van der Waals surface area contributed by atoms with E-state index >= 15 is 0 Å². The fourth-order valence-corrected chi connectivity index (χ4v) is 7.65. The highest BCUT2D eigenvalue weighted by Gasteiger charge is 2.30. The second-order valence-electron chi connectivity index (χ2n) is 10.3. The summed E-state index contributed by atoms with van der Waals surface area (Å²) in [4.78, 5) is 0. The molecule has 7 aromatic rings. The molecular formula is C36H30NO2P. The summed E-state index contributed by atoms with van der Waals surface area (Å²) in [5.41, 5.74) is 4.20. The third-order valence-electron chi connectivity index (χ3n) is 7.95. The standard InChI is InChI=1S/C36H30NO2P/c1-25(29-21-11-15-27-13-3-5-17-31(27)29)37(26(2)30-22-12-16-28-14-4-6-18-32(28)30)40-38-35-23-9-7-19-33(35)34-20-8-10-24-36(34)39-40/h3-26H,1-2H3/t25-,26-/m1/s1. The average Bonchev–Trinajstić information content (AvgIpc) is 3.17. The van der Waals surface area contributed by atoms with Crippen molar-refractivity contribution in [3.05, 3.63) is 145 Å². The van der Waals surface area contributed by atoms with Crippen LogP contribution in [-0.2, 0) is 0 Å². The van der Waals surface area contributed by atoms with Crippen LogP contribution in [0.25, 0.3) is 43.5 Å². The molecule has 0 N–H and O–H groups in total. The highest BCUT2D eigenvalue weighted by Crippen LogP contribution is 2.47. The third kappa shape index (κ3) is 4.29. The smallest absolute Gasteiger partial charge is 0.310 e. The van der Waals surface area contributed by atoms with Crippen molar-refractivity contribution in [3.63, 3.8) is 0 Å². The normalized spacial score (nSPS) is 13.3. The highest BCUT2D eigenvalue weighted by atomic mass is 31.1. The van der Waals surface area contributed by atoms with Crippen molar-refractivity contribution in [2.45, 2.75) is 25.9 Å². The van der Waals surface area contributed by atoms with Gasteiger partial charge < -0.3 is 8.39 Å². The molecule has 0 aliphatic carbocycles. The Morgan fingerprint density at radius 1 is 0.450 bits per heavy atom. The summed E-state index contributed by atoms with van der Waals surface area (Å²) in [6.45, 7) is 4.56. The van der Waals surface area contributed by atoms with Gasteiger partial charge >= 0.3 is 8.16 Å². The summed E-state index contributed by atoms with van der Waals surface area (Å²) in [7, 11) is -1.54. The molecule has 0 aliphatic heterocycles. The number of hydrogen-bond donors (Lipinski definition) is 0. The van der Waals surface area contributed by atoms with Crippen molar-refractivity contribution in [2.75, 3.05) is 4.67 Å². The number of rotatable bonds is 5. The van der Waals surface area contributed by atoms with Gasteiger partial charge in [-0.1, -0.05) is 121 Å². The zero-order valence-corrected chi connectivity index (χ0v) is 23.5. The zero-order chi connectivity index (χ0) is 27.1. The molecule has 2 atom stereocenters. The van der Waals surface area contributed by atoms with Crippen molar-refractivity contribution in [1.29, 1.82) is 0 Å². The molecule has 0 aliphatic rings. The van der Waals surface area contributed by atoms with E-state index in [1.54, 1.807) is 0 Å². The second kappa shape index (κ2) is 10.4. The first-order valence-electron chi connectivity index (χ1n) is 13.8. The lowest BCUT2D eigenvalue weighted by Crippen LogP contribution is -2.27. The lowest BCUT2D eigenvalue weighted by atomic mass is 9.96. The molecule has 3 nitrogen and oxygen atoms in total. The molecule has 1 aromatic heterocycles. The van der Waals surface area contributed by atoms with Crippen molar-refractivity contribution in [3.8, 4) is 0 Å². The molecule has 4 heteroatoms. The maximum atomic E-state index is 6.88. The van der Waals surface area contributed by atoms with Crippen LogP contribution in [0.2, 0.25) is 0 Å². The largest absolute Gasteiger partial charge is 0.408 e. The molecule has 0 radical (unpaired) electrons. The Morgan fingerprint density at radius 3 is 1.30 bits per heavy atom. The van der Waals surface area contributed by atoms with E-state index in [0.717, 1.165) is 21.9 Å².